The maximum absolute atomic E-state index is 12.8. The Morgan fingerprint density at radius 2 is 1.42 bits per heavy atom. The Labute approximate surface area is 311 Å². The van der Waals surface area contributed by atoms with Gasteiger partial charge in [0, 0.05) is 12.3 Å². The van der Waals surface area contributed by atoms with Crippen LogP contribution in [0.25, 0.3) is 5.52 Å². The van der Waals surface area contributed by atoms with Crippen LogP contribution in [0.4, 0.5) is 5.82 Å². The van der Waals surface area contributed by atoms with Gasteiger partial charge in [0.05, 0.1) is 26.4 Å². The van der Waals surface area contributed by atoms with Crippen LogP contribution < -0.4 is 5.73 Å². The number of rotatable bonds is 32. The van der Waals surface area contributed by atoms with Crippen LogP contribution in [-0.4, -0.2) is 58.1 Å². The largest absolute Gasteiger partial charge is 0.472 e. The zero-order valence-electron chi connectivity index (χ0n) is 31.2. The van der Waals surface area contributed by atoms with Gasteiger partial charge < -0.3 is 24.8 Å². The first kappa shape index (κ1) is 43.4. The number of hydrogen-bond donors (Lipinski definition) is 2. The molecule has 13 heteroatoms. The molecule has 2 heterocycles. The minimum absolute atomic E-state index is 0.208. The highest BCUT2D eigenvalue weighted by molar-refractivity contribution is 7.47. The number of nitrogen functional groups attached to an aromatic ring is 1. The molecule has 1 unspecified atom stereocenters. The molecule has 12 nitrogen and oxygen atoms in total. The summed E-state index contributed by atoms with van der Waals surface area (Å²) in [6.07, 6.45) is 23.4. The molecule has 3 aromatic rings. The highest BCUT2D eigenvalue weighted by atomic mass is 31.2. The summed E-state index contributed by atoms with van der Waals surface area (Å²) in [5.41, 5.74) is 8.36. The summed E-state index contributed by atoms with van der Waals surface area (Å²) in [4.78, 5) is 14.4. The van der Waals surface area contributed by atoms with E-state index in [0.29, 0.717) is 37.4 Å². The van der Waals surface area contributed by atoms with Gasteiger partial charge in [-0.25, -0.2) is 14.1 Å². The van der Waals surface area contributed by atoms with Crippen LogP contribution in [0.3, 0.4) is 0 Å². The van der Waals surface area contributed by atoms with Crippen LogP contribution in [-0.2, 0) is 40.9 Å². The number of benzene rings is 1. The quantitative estimate of drug-likeness (QED) is 0.0356. The van der Waals surface area contributed by atoms with Crippen molar-refractivity contribution >= 4 is 19.2 Å². The highest BCUT2D eigenvalue weighted by Crippen LogP contribution is 2.43. The maximum Gasteiger partial charge on any atom is 0.472 e. The molecule has 0 bridgehead atoms. The van der Waals surface area contributed by atoms with Gasteiger partial charge in [-0.15, -0.1) is 0 Å². The van der Waals surface area contributed by atoms with Crippen LogP contribution in [0, 0.1) is 11.5 Å². The smallest absolute Gasteiger partial charge is 0.422 e. The molecular formula is C39H62N5O7P. The third-order valence-corrected chi connectivity index (χ3v) is 10.1. The number of aryl methyl sites for hydroxylation is 1. The molecule has 0 radical (unpaired) electrons. The van der Waals surface area contributed by atoms with Crippen molar-refractivity contribution in [2.75, 3.05) is 32.2 Å². The van der Waals surface area contributed by atoms with Gasteiger partial charge in [-0.1, -0.05) is 134 Å². The number of hydrogen-bond acceptors (Lipinski definition) is 10. The lowest BCUT2D eigenvalue weighted by Crippen LogP contribution is -2.26. The van der Waals surface area contributed by atoms with Gasteiger partial charge in [0.15, 0.2) is 5.82 Å². The molecule has 0 aliphatic carbocycles. The Bertz CT molecular complexity index is 1440. The highest BCUT2D eigenvalue weighted by Gasteiger charge is 2.27. The molecule has 52 heavy (non-hydrogen) atoms. The molecule has 3 atom stereocenters. The van der Waals surface area contributed by atoms with Crippen LogP contribution in [0.1, 0.15) is 127 Å². The van der Waals surface area contributed by atoms with Gasteiger partial charge >= 0.3 is 7.82 Å². The molecule has 0 aliphatic heterocycles. The summed E-state index contributed by atoms with van der Waals surface area (Å²) in [5, 5.41) is 13.4. The second kappa shape index (κ2) is 26.7. The lowest BCUT2D eigenvalue weighted by atomic mass is 10.0. The molecule has 1 aromatic carbocycles. The lowest BCUT2D eigenvalue weighted by molar-refractivity contribution is -0.0517. The van der Waals surface area contributed by atoms with Crippen LogP contribution in [0.15, 0.2) is 48.8 Å². The number of ether oxygens (including phenoxy) is 3. The third-order valence-electron chi connectivity index (χ3n) is 9.12. The normalized spacial score (nSPS) is 13.9. The molecular weight excluding hydrogens is 681 g/mol. The number of aromatic nitrogens is 3. The van der Waals surface area contributed by atoms with Gasteiger partial charge in [0.2, 0.25) is 0 Å². The van der Waals surface area contributed by atoms with Gasteiger partial charge in [-0.05, 0) is 37.0 Å². The zero-order chi connectivity index (χ0) is 37.1. The number of unbranched alkanes of at least 4 members (excludes halogenated alkanes) is 15. The number of phosphoric acid groups is 1. The molecule has 0 spiro atoms. The van der Waals surface area contributed by atoms with Gasteiger partial charge in [-0.3, -0.25) is 9.05 Å². The van der Waals surface area contributed by atoms with Crippen molar-refractivity contribution in [1.82, 2.24) is 14.6 Å². The number of phosphoric ester groups is 1. The number of nitrogens with zero attached hydrogens (tertiary/aromatic N) is 4. The molecule has 0 saturated carbocycles. The Kier molecular flexibility index (Phi) is 22.3. The first-order chi connectivity index (χ1) is 25.4. The van der Waals surface area contributed by atoms with E-state index in [1.165, 1.54) is 96.2 Å². The second-order valence-electron chi connectivity index (χ2n) is 13.5. The predicted molar refractivity (Wildman–Crippen MR) is 203 cm³/mol. The average molecular weight is 744 g/mol. The fourth-order valence-electron chi connectivity index (χ4n) is 6.05. The summed E-state index contributed by atoms with van der Waals surface area (Å²) in [6, 6.07) is 13.3. The standard InChI is InChI=1S/C39H62N5O7P/c1-2-3-4-5-6-7-8-9-10-11-12-13-14-15-16-20-27-47-29-37(48-28-34-21-18-17-19-22-34)31-51-52(45,46)50-30-36(49-32-40)25-23-35-24-26-38-39(41)42-33-43-44(35)38/h17-19,21-22,24,26,33,36-37H,2-16,20,23,25,27-31H2,1H3,(H,45,46)(H2,41,42,43)/t36-,37+/m0/s1. The average Bonchev–Trinajstić information content (AvgIpc) is 3.57. The second-order valence-corrected chi connectivity index (χ2v) is 14.9. The van der Waals surface area contributed by atoms with E-state index in [-0.39, 0.29) is 19.8 Å². The lowest BCUT2D eigenvalue weighted by Gasteiger charge is -2.21. The molecule has 0 amide bonds. The fourth-order valence-corrected chi connectivity index (χ4v) is 6.83. The molecule has 0 saturated heterocycles. The number of fused-ring (bicyclic) bond motifs is 1. The van der Waals surface area contributed by atoms with Crippen molar-refractivity contribution in [2.24, 2.45) is 0 Å². The van der Waals surface area contributed by atoms with Crippen molar-refractivity contribution in [3.63, 3.8) is 0 Å². The van der Waals surface area contributed by atoms with E-state index in [2.05, 4.69) is 17.0 Å². The monoisotopic (exact) mass is 743 g/mol. The first-order valence-electron chi connectivity index (χ1n) is 19.4. The SMILES string of the molecule is CCCCCCCCCCCCCCCCCCOC[C@H](COP(=O)(O)OC[C@H](CCc1ccc2c(N)ncnn12)OC#N)OCc1ccccc1. The number of nitrogens with two attached hydrogens (primary N) is 1. The Hall–Kier alpha value is -3.04. The zero-order valence-corrected chi connectivity index (χ0v) is 32.1. The summed E-state index contributed by atoms with van der Waals surface area (Å²) < 4.78 is 42.1. The van der Waals surface area contributed by atoms with Gasteiger partial charge in [0.1, 0.15) is 24.1 Å². The van der Waals surface area contributed by atoms with E-state index < -0.39 is 20.0 Å². The fraction of sp³-hybridized carbons (Fsp3) is 0.667. The topological polar surface area (TPSA) is 163 Å². The predicted octanol–water partition coefficient (Wildman–Crippen LogP) is 9.11. The summed E-state index contributed by atoms with van der Waals surface area (Å²) in [7, 11) is -4.49. The Morgan fingerprint density at radius 1 is 0.827 bits per heavy atom. The van der Waals surface area contributed by atoms with Crippen LogP contribution in [0.5, 0.6) is 0 Å². The van der Waals surface area contributed by atoms with Crippen LogP contribution >= 0.6 is 7.82 Å². The van der Waals surface area contributed by atoms with Crippen LogP contribution in [0.2, 0.25) is 0 Å². The van der Waals surface area contributed by atoms with Crippen molar-refractivity contribution < 1.29 is 32.7 Å². The van der Waals surface area contributed by atoms with Crippen molar-refractivity contribution in [3.05, 3.63) is 60.0 Å². The summed E-state index contributed by atoms with van der Waals surface area (Å²) >= 11 is 0. The molecule has 290 valence electrons. The molecule has 3 N–H and O–H groups in total. The summed E-state index contributed by atoms with van der Waals surface area (Å²) in [5.74, 6) is 0.351. The minimum Gasteiger partial charge on any atom is -0.422 e. The van der Waals surface area contributed by atoms with Gasteiger partial charge in [-0.2, -0.15) is 10.4 Å². The van der Waals surface area contributed by atoms with Gasteiger partial charge in [0.25, 0.3) is 6.26 Å². The van der Waals surface area contributed by atoms with E-state index in [1.807, 2.05) is 36.4 Å². The van der Waals surface area contributed by atoms with Crippen molar-refractivity contribution in [3.8, 4) is 6.26 Å². The molecule has 0 aliphatic rings. The first-order valence-corrected chi connectivity index (χ1v) is 20.9. The Morgan fingerprint density at radius 3 is 2.04 bits per heavy atom. The van der Waals surface area contributed by atoms with Crippen molar-refractivity contribution in [2.45, 2.75) is 141 Å². The third kappa shape index (κ3) is 18.6. The van der Waals surface area contributed by atoms with E-state index in [0.717, 1.165) is 24.1 Å². The maximum atomic E-state index is 12.8. The van der Waals surface area contributed by atoms with E-state index in [9.17, 15) is 9.46 Å². The Balaban J connectivity index is 1.31. The van der Waals surface area contributed by atoms with E-state index in [1.54, 1.807) is 16.8 Å². The minimum atomic E-state index is -4.49. The molecule has 3 rings (SSSR count). The molecule has 2 aromatic heterocycles. The molecule has 0 fully saturated rings. The van der Waals surface area contributed by atoms with E-state index in [4.69, 9.17) is 34.3 Å². The van der Waals surface area contributed by atoms with Crippen molar-refractivity contribution in [1.29, 1.82) is 5.26 Å². The number of nitriles is 1. The van der Waals surface area contributed by atoms with E-state index >= 15 is 0 Å². The number of anilines is 1. The summed E-state index contributed by atoms with van der Waals surface area (Å²) in [6.45, 7) is 2.83.